The van der Waals surface area contributed by atoms with E-state index >= 15 is 0 Å². The number of carbonyl (C=O) groups excluding carboxylic acids is 1. The molecule has 0 fully saturated rings. The second-order valence-electron chi connectivity index (χ2n) is 4.30. The van der Waals surface area contributed by atoms with Gasteiger partial charge in [0, 0.05) is 24.4 Å². The molecule has 0 heterocycles. The van der Waals surface area contributed by atoms with Crippen molar-refractivity contribution in [3.8, 4) is 0 Å². The molecule has 0 radical (unpaired) electrons. The number of aliphatic hydroxyl groups is 1. The smallest absolute Gasteiger partial charge is 0.251 e. The van der Waals surface area contributed by atoms with E-state index in [1.807, 2.05) is 12.1 Å². The number of benzene rings is 1. The van der Waals surface area contributed by atoms with Gasteiger partial charge in [-0.05, 0) is 24.6 Å². The van der Waals surface area contributed by atoms with Gasteiger partial charge in [-0.3, -0.25) is 16.1 Å². The molecular weight excluding hydrogens is 276 g/mol. The van der Waals surface area contributed by atoms with Crippen molar-refractivity contribution in [2.75, 3.05) is 13.1 Å². The molecule has 112 valence electrons. The highest BCUT2D eigenvalue weighted by Gasteiger charge is 2.05. The molecule has 0 aliphatic heterocycles. The molecular formula is C13H22N4O2S. The standard InChI is InChI=1S/C13H22N4O2S/c1-9(17-15)13(19)20-8-10-2-4-11(5-3-10)12(18)16-7-6-14/h2-5,9,17,19-20H,6-8,14-15H2,1H3,(H,16,18)/t9-/m1/s1. The fourth-order valence-electron chi connectivity index (χ4n) is 1.43. The predicted octanol–water partition coefficient (Wildman–Crippen LogP) is -0.120. The average molecular weight is 298 g/mol. The Morgan fingerprint density at radius 2 is 2.05 bits per heavy atom. The van der Waals surface area contributed by atoms with Crippen molar-refractivity contribution in [2.24, 2.45) is 11.6 Å². The van der Waals surface area contributed by atoms with E-state index in [4.69, 9.17) is 11.6 Å². The monoisotopic (exact) mass is 298 g/mol. The first-order valence-electron chi connectivity index (χ1n) is 6.35. The maximum absolute atomic E-state index is 11.7. The van der Waals surface area contributed by atoms with E-state index in [0.29, 0.717) is 24.4 Å². The largest absolute Gasteiger partial charge is 0.358 e. The van der Waals surface area contributed by atoms with Gasteiger partial charge in [0.05, 0.1) is 11.1 Å². The SMILES string of the molecule is C[C@@H](NN)C(O)=[SH]Cc1ccc(C(=O)NCCN)cc1. The summed E-state index contributed by atoms with van der Waals surface area (Å²) in [7, 11) is 0. The summed E-state index contributed by atoms with van der Waals surface area (Å²) in [6, 6.07) is 7.03. The molecule has 1 aromatic carbocycles. The Labute approximate surface area is 122 Å². The molecule has 0 bridgehead atoms. The topological polar surface area (TPSA) is 113 Å². The van der Waals surface area contributed by atoms with Crippen molar-refractivity contribution in [1.29, 1.82) is 0 Å². The molecule has 20 heavy (non-hydrogen) atoms. The summed E-state index contributed by atoms with van der Waals surface area (Å²) in [5.74, 6) is 5.79. The van der Waals surface area contributed by atoms with E-state index in [-0.39, 0.29) is 17.0 Å². The Bertz CT molecular complexity index is 462. The molecule has 0 unspecified atom stereocenters. The van der Waals surface area contributed by atoms with Crippen LogP contribution in [0.15, 0.2) is 24.3 Å². The minimum Gasteiger partial charge on any atom is -0.358 e. The third kappa shape index (κ3) is 5.40. The zero-order valence-electron chi connectivity index (χ0n) is 11.5. The van der Waals surface area contributed by atoms with Crippen LogP contribution in [0.1, 0.15) is 22.8 Å². The number of amides is 1. The molecule has 7 N–H and O–H groups in total. The Morgan fingerprint density at radius 3 is 2.60 bits per heavy atom. The first-order chi connectivity index (χ1) is 9.58. The fourth-order valence-corrected chi connectivity index (χ4v) is 2.34. The highest BCUT2D eigenvalue weighted by Crippen LogP contribution is 2.10. The third-order valence-electron chi connectivity index (χ3n) is 2.71. The second kappa shape index (κ2) is 8.83. The molecule has 1 amide bonds. The van der Waals surface area contributed by atoms with Gasteiger partial charge in [0.2, 0.25) is 0 Å². The van der Waals surface area contributed by atoms with E-state index < -0.39 is 0 Å². The van der Waals surface area contributed by atoms with Gasteiger partial charge in [-0.25, -0.2) is 0 Å². The number of thiol groups is 1. The lowest BCUT2D eigenvalue weighted by Crippen LogP contribution is -2.38. The molecule has 0 aliphatic rings. The van der Waals surface area contributed by atoms with Crippen LogP contribution in [-0.2, 0) is 5.75 Å². The van der Waals surface area contributed by atoms with Gasteiger partial charge in [-0.2, -0.15) is 11.4 Å². The maximum Gasteiger partial charge on any atom is 0.251 e. The van der Waals surface area contributed by atoms with E-state index in [1.165, 1.54) is 0 Å². The molecule has 0 aromatic heterocycles. The highest BCUT2D eigenvalue weighted by atomic mass is 32.1. The van der Waals surface area contributed by atoms with E-state index in [0.717, 1.165) is 16.9 Å². The maximum atomic E-state index is 11.7. The number of nitrogens with one attached hydrogen (secondary N) is 2. The quantitative estimate of drug-likeness (QED) is 0.182. The van der Waals surface area contributed by atoms with Crippen LogP contribution in [-0.4, -0.2) is 35.2 Å². The van der Waals surface area contributed by atoms with Crippen LogP contribution in [0.2, 0.25) is 0 Å². The second-order valence-corrected chi connectivity index (χ2v) is 5.39. The lowest BCUT2D eigenvalue weighted by molar-refractivity contribution is 0.0955. The van der Waals surface area contributed by atoms with Crippen LogP contribution in [0.3, 0.4) is 0 Å². The number of hydrogen-bond acceptors (Lipinski definition) is 4. The summed E-state index contributed by atoms with van der Waals surface area (Å²) in [6.45, 7) is 2.67. The zero-order valence-corrected chi connectivity index (χ0v) is 12.4. The number of rotatable bonds is 7. The predicted molar refractivity (Wildman–Crippen MR) is 84.9 cm³/mol. The zero-order chi connectivity index (χ0) is 15.0. The van der Waals surface area contributed by atoms with Crippen molar-refractivity contribution < 1.29 is 9.90 Å². The summed E-state index contributed by atoms with van der Waals surface area (Å²) < 4.78 is 0. The van der Waals surface area contributed by atoms with Gasteiger partial charge in [-0.1, -0.05) is 12.1 Å². The van der Waals surface area contributed by atoms with Gasteiger partial charge >= 0.3 is 0 Å². The van der Waals surface area contributed by atoms with Crippen LogP contribution in [0.5, 0.6) is 0 Å². The molecule has 6 nitrogen and oxygen atoms in total. The Morgan fingerprint density at radius 1 is 1.40 bits per heavy atom. The number of hydrazine groups is 1. The average Bonchev–Trinajstić information content (AvgIpc) is 2.49. The van der Waals surface area contributed by atoms with Crippen molar-refractivity contribution in [3.63, 3.8) is 0 Å². The summed E-state index contributed by atoms with van der Waals surface area (Å²) in [6.07, 6.45) is 0. The third-order valence-corrected chi connectivity index (χ3v) is 3.94. The van der Waals surface area contributed by atoms with E-state index in [9.17, 15) is 9.90 Å². The summed E-state index contributed by atoms with van der Waals surface area (Å²) in [5.41, 5.74) is 9.46. The minimum atomic E-state index is -0.238. The summed E-state index contributed by atoms with van der Waals surface area (Å²) >= 11 is 0.789. The number of hydrogen-bond donors (Lipinski definition) is 6. The lowest BCUT2D eigenvalue weighted by Gasteiger charge is -2.09. The van der Waals surface area contributed by atoms with Crippen LogP contribution in [0.4, 0.5) is 0 Å². The van der Waals surface area contributed by atoms with Crippen molar-refractivity contribution in [1.82, 2.24) is 10.7 Å². The molecule has 0 spiro atoms. The minimum absolute atomic E-state index is 0.130. The number of aliphatic hydroxyl groups excluding tert-OH is 1. The van der Waals surface area contributed by atoms with Crippen LogP contribution in [0.25, 0.3) is 0 Å². The first kappa shape index (κ1) is 16.8. The molecule has 0 aliphatic carbocycles. The summed E-state index contributed by atoms with van der Waals surface area (Å²) in [4.78, 5) is 11.7. The molecule has 0 saturated carbocycles. The van der Waals surface area contributed by atoms with Crippen molar-refractivity contribution in [2.45, 2.75) is 18.7 Å². The van der Waals surface area contributed by atoms with Crippen LogP contribution >= 0.6 is 11.4 Å². The van der Waals surface area contributed by atoms with Crippen molar-refractivity contribution in [3.05, 3.63) is 35.4 Å². The number of carbonyl (C=O) groups is 1. The normalized spacial score (nSPS) is 13.5. The fraction of sp³-hybridized carbons (Fsp3) is 0.385. The highest BCUT2D eigenvalue weighted by molar-refractivity contribution is 7.97. The van der Waals surface area contributed by atoms with Crippen molar-refractivity contribution >= 4 is 22.3 Å². The van der Waals surface area contributed by atoms with Gasteiger partial charge in [0.15, 0.2) is 0 Å². The van der Waals surface area contributed by atoms with E-state index in [1.54, 1.807) is 19.1 Å². The molecule has 7 heteroatoms. The van der Waals surface area contributed by atoms with Gasteiger partial charge in [-0.15, -0.1) is 0 Å². The Kier molecular flexibility index (Phi) is 7.42. The molecule has 1 atom stereocenters. The number of nitrogens with two attached hydrogens (primary N) is 2. The lowest BCUT2D eigenvalue weighted by atomic mass is 10.1. The molecule has 0 saturated heterocycles. The van der Waals surface area contributed by atoms with Crippen LogP contribution in [0, 0.1) is 0 Å². The van der Waals surface area contributed by atoms with E-state index in [2.05, 4.69) is 10.7 Å². The molecule has 1 aromatic rings. The molecule has 1 rings (SSSR count). The Hall–Kier alpha value is -1.25. The van der Waals surface area contributed by atoms with Crippen LogP contribution < -0.4 is 22.3 Å². The van der Waals surface area contributed by atoms with Gasteiger partial charge < -0.3 is 16.2 Å². The van der Waals surface area contributed by atoms with Gasteiger partial charge in [0.25, 0.3) is 5.91 Å². The summed E-state index contributed by atoms with van der Waals surface area (Å²) in [5, 5.41) is 12.7. The first-order valence-corrected chi connectivity index (χ1v) is 7.43. The Balaban J connectivity index is 2.61. The van der Waals surface area contributed by atoms with Gasteiger partial charge in [0.1, 0.15) is 0 Å².